The fraction of sp³-hybridized carbons (Fsp3) is 0.250. The fourth-order valence-electron chi connectivity index (χ4n) is 2.27. The summed E-state index contributed by atoms with van der Waals surface area (Å²) < 4.78 is 27.9. The number of hydrogen-bond donors (Lipinski definition) is 1. The first-order valence-electron chi connectivity index (χ1n) is 6.33. The molecule has 0 bridgehead atoms. The van der Waals surface area contributed by atoms with Crippen molar-refractivity contribution in [2.24, 2.45) is 0 Å². The Morgan fingerprint density at radius 3 is 2.15 bits per heavy atom. The van der Waals surface area contributed by atoms with Gasteiger partial charge in [0, 0.05) is 10.6 Å². The van der Waals surface area contributed by atoms with E-state index in [4.69, 9.17) is 11.6 Å². The van der Waals surface area contributed by atoms with Crippen molar-refractivity contribution < 1.29 is 8.78 Å². The van der Waals surface area contributed by atoms with Crippen molar-refractivity contribution in [3.63, 3.8) is 0 Å². The van der Waals surface area contributed by atoms with Crippen LogP contribution in [0.2, 0.25) is 5.02 Å². The Kier molecular flexibility index (Phi) is 4.41. The third-order valence-electron chi connectivity index (χ3n) is 3.50. The van der Waals surface area contributed by atoms with Crippen LogP contribution in [0, 0.1) is 25.5 Å². The van der Waals surface area contributed by atoms with Crippen LogP contribution < -0.4 is 5.32 Å². The van der Waals surface area contributed by atoms with Crippen LogP contribution in [0.5, 0.6) is 0 Å². The maximum atomic E-state index is 14.0. The quantitative estimate of drug-likeness (QED) is 0.876. The van der Waals surface area contributed by atoms with E-state index in [1.54, 1.807) is 7.05 Å². The molecule has 1 unspecified atom stereocenters. The monoisotopic (exact) mass is 295 g/mol. The predicted molar refractivity (Wildman–Crippen MR) is 78.2 cm³/mol. The second kappa shape index (κ2) is 5.90. The molecule has 0 spiro atoms. The van der Waals surface area contributed by atoms with Crippen molar-refractivity contribution in [1.82, 2.24) is 5.32 Å². The number of aryl methyl sites for hydroxylation is 2. The number of hydrogen-bond acceptors (Lipinski definition) is 1. The molecule has 0 aliphatic rings. The lowest BCUT2D eigenvalue weighted by molar-refractivity contribution is 0.522. The Labute approximate surface area is 122 Å². The number of benzene rings is 2. The molecule has 1 N–H and O–H groups in total. The molecule has 0 aliphatic heterocycles. The molecule has 1 atom stereocenters. The maximum Gasteiger partial charge on any atom is 0.131 e. The molecule has 20 heavy (non-hydrogen) atoms. The SMILES string of the molecule is CNC(c1cc(C)c(C)cc1Cl)c1c(F)cccc1F. The van der Waals surface area contributed by atoms with Gasteiger partial charge in [-0.3, -0.25) is 0 Å². The first kappa shape index (κ1) is 14.9. The Morgan fingerprint density at radius 1 is 1.05 bits per heavy atom. The van der Waals surface area contributed by atoms with E-state index in [9.17, 15) is 8.78 Å². The lowest BCUT2D eigenvalue weighted by Crippen LogP contribution is -2.21. The molecule has 0 saturated carbocycles. The minimum Gasteiger partial charge on any atom is -0.309 e. The van der Waals surface area contributed by atoms with E-state index in [2.05, 4.69) is 5.32 Å². The van der Waals surface area contributed by atoms with Crippen molar-refractivity contribution in [2.45, 2.75) is 19.9 Å². The number of nitrogens with one attached hydrogen (secondary N) is 1. The van der Waals surface area contributed by atoms with Crippen LogP contribution in [0.25, 0.3) is 0 Å². The summed E-state index contributed by atoms with van der Waals surface area (Å²) in [7, 11) is 1.65. The van der Waals surface area contributed by atoms with E-state index in [0.717, 1.165) is 11.1 Å². The summed E-state index contributed by atoms with van der Waals surface area (Å²) in [6.45, 7) is 3.89. The van der Waals surface area contributed by atoms with Crippen LogP contribution >= 0.6 is 11.6 Å². The Hall–Kier alpha value is -1.45. The third-order valence-corrected chi connectivity index (χ3v) is 3.83. The van der Waals surface area contributed by atoms with E-state index in [0.29, 0.717) is 10.6 Å². The van der Waals surface area contributed by atoms with Gasteiger partial charge in [-0.15, -0.1) is 0 Å². The highest BCUT2D eigenvalue weighted by molar-refractivity contribution is 6.31. The van der Waals surface area contributed by atoms with Gasteiger partial charge in [0.1, 0.15) is 11.6 Å². The van der Waals surface area contributed by atoms with Gasteiger partial charge in [0.25, 0.3) is 0 Å². The molecule has 2 aromatic rings. The third kappa shape index (κ3) is 2.69. The Morgan fingerprint density at radius 2 is 1.60 bits per heavy atom. The van der Waals surface area contributed by atoms with E-state index in [-0.39, 0.29) is 5.56 Å². The van der Waals surface area contributed by atoms with Gasteiger partial charge < -0.3 is 5.32 Å². The molecule has 2 aromatic carbocycles. The number of rotatable bonds is 3. The van der Waals surface area contributed by atoms with Crippen LogP contribution in [0.15, 0.2) is 30.3 Å². The van der Waals surface area contributed by atoms with Gasteiger partial charge >= 0.3 is 0 Å². The largest absolute Gasteiger partial charge is 0.309 e. The Balaban J connectivity index is 2.62. The van der Waals surface area contributed by atoms with Crippen LogP contribution in [-0.2, 0) is 0 Å². The number of halogens is 3. The van der Waals surface area contributed by atoms with E-state index >= 15 is 0 Å². The molecule has 2 rings (SSSR count). The summed E-state index contributed by atoms with van der Waals surface area (Å²) in [4.78, 5) is 0. The molecular weight excluding hydrogens is 280 g/mol. The van der Waals surface area contributed by atoms with Gasteiger partial charge in [0.15, 0.2) is 0 Å². The molecule has 0 amide bonds. The fourth-order valence-corrected chi connectivity index (χ4v) is 2.59. The van der Waals surface area contributed by atoms with E-state index in [1.807, 2.05) is 26.0 Å². The van der Waals surface area contributed by atoms with Crippen molar-refractivity contribution >= 4 is 11.6 Å². The summed E-state index contributed by atoms with van der Waals surface area (Å²) in [6, 6.07) is 6.90. The molecule has 0 radical (unpaired) electrons. The molecule has 106 valence electrons. The smallest absolute Gasteiger partial charge is 0.131 e. The second-order valence-corrected chi connectivity index (χ2v) is 5.22. The predicted octanol–water partition coefficient (Wildman–Crippen LogP) is 4.54. The normalized spacial score (nSPS) is 12.5. The van der Waals surface area contributed by atoms with Crippen LogP contribution in [0.3, 0.4) is 0 Å². The van der Waals surface area contributed by atoms with Crippen molar-refractivity contribution in [2.75, 3.05) is 7.05 Å². The summed E-state index contributed by atoms with van der Waals surface area (Å²) >= 11 is 6.24. The lowest BCUT2D eigenvalue weighted by atomic mass is 9.95. The van der Waals surface area contributed by atoms with Gasteiger partial charge in [0.05, 0.1) is 6.04 Å². The summed E-state index contributed by atoms with van der Waals surface area (Å²) in [5.74, 6) is -1.17. The van der Waals surface area contributed by atoms with Gasteiger partial charge in [-0.2, -0.15) is 0 Å². The van der Waals surface area contributed by atoms with E-state index < -0.39 is 17.7 Å². The van der Waals surface area contributed by atoms with Gasteiger partial charge in [-0.05, 0) is 55.8 Å². The van der Waals surface area contributed by atoms with Crippen molar-refractivity contribution in [1.29, 1.82) is 0 Å². The minimum absolute atomic E-state index is 0.0137. The van der Waals surface area contributed by atoms with E-state index in [1.165, 1.54) is 18.2 Å². The van der Waals surface area contributed by atoms with Crippen molar-refractivity contribution in [3.05, 3.63) is 69.2 Å². The first-order chi connectivity index (χ1) is 9.45. The molecule has 0 fully saturated rings. The second-order valence-electron chi connectivity index (χ2n) is 4.82. The lowest BCUT2D eigenvalue weighted by Gasteiger charge is -2.21. The average Bonchev–Trinajstić information content (AvgIpc) is 2.39. The van der Waals surface area contributed by atoms with Crippen LogP contribution in [-0.4, -0.2) is 7.05 Å². The Bertz CT molecular complexity index is 620. The maximum absolute atomic E-state index is 14.0. The molecule has 4 heteroatoms. The minimum atomic E-state index is -0.622. The molecule has 0 heterocycles. The van der Waals surface area contributed by atoms with Crippen LogP contribution in [0.1, 0.15) is 28.3 Å². The zero-order valence-corrected chi connectivity index (χ0v) is 12.4. The highest BCUT2D eigenvalue weighted by Gasteiger charge is 2.22. The van der Waals surface area contributed by atoms with Gasteiger partial charge in [-0.1, -0.05) is 23.7 Å². The molecule has 0 saturated heterocycles. The van der Waals surface area contributed by atoms with Gasteiger partial charge in [-0.25, -0.2) is 8.78 Å². The van der Waals surface area contributed by atoms with Gasteiger partial charge in [0.2, 0.25) is 0 Å². The molecule has 1 nitrogen and oxygen atoms in total. The topological polar surface area (TPSA) is 12.0 Å². The highest BCUT2D eigenvalue weighted by Crippen LogP contribution is 2.32. The summed E-state index contributed by atoms with van der Waals surface area (Å²) in [5.41, 5.74) is 2.73. The molecule has 0 aliphatic carbocycles. The standard InChI is InChI=1S/C16H16ClF2N/c1-9-7-11(12(17)8-10(9)2)16(20-3)15-13(18)5-4-6-14(15)19/h4-8,16,20H,1-3H3. The zero-order valence-electron chi connectivity index (χ0n) is 11.6. The summed E-state index contributed by atoms with van der Waals surface area (Å²) in [6.07, 6.45) is 0. The average molecular weight is 296 g/mol. The molecular formula is C16H16ClF2N. The molecule has 0 aromatic heterocycles. The van der Waals surface area contributed by atoms with Crippen LogP contribution in [0.4, 0.5) is 8.78 Å². The summed E-state index contributed by atoms with van der Waals surface area (Å²) in [5, 5.41) is 3.43. The first-order valence-corrected chi connectivity index (χ1v) is 6.71. The van der Waals surface area contributed by atoms with Crippen molar-refractivity contribution in [3.8, 4) is 0 Å². The zero-order chi connectivity index (χ0) is 14.9. The highest BCUT2D eigenvalue weighted by atomic mass is 35.5.